The lowest BCUT2D eigenvalue weighted by atomic mass is 10.2. The van der Waals surface area contributed by atoms with E-state index in [4.69, 9.17) is 5.26 Å². The van der Waals surface area contributed by atoms with Gasteiger partial charge < -0.3 is 4.90 Å². The zero-order valence-electron chi connectivity index (χ0n) is 9.34. The summed E-state index contributed by atoms with van der Waals surface area (Å²) < 4.78 is 1.19. The van der Waals surface area contributed by atoms with Crippen molar-refractivity contribution in [2.45, 2.75) is 19.4 Å². The van der Waals surface area contributed by atoms with E-state index in [0.29, 0.717) is 6.42 Å². The summed E-state index contributed by atoms with van der Waals surface area (Å²) in [5.74, 6) is 0. The first-order chi connectivity index (χ1) is 7.72. The Kier molecular flexibility index (Phi) is 3.07. The van der Waals surface area contributed by atoms with E-state index in [1.807, 2.05) is 32.2 Å². The van der Waals surface area contributed by atoms with E-state index in [1.54, 1.807) is 11.3 Å². The number of nitrogens with zero attached hydrogens (tertiary/aromatic N) is 3. The zero-order chi connectivity index (χ0) is 11.5. The Morgan fingerprint density at radius 1 is 1.50 bits per heavy atom. The van der Waals surface area contributed by atoms with Crippen molar-refractivity contribution in [3.05, 3.63) is 24.3 Å². The van der Waals surface area contributed by atoms with Gasteiger partial charge in [-0.05, 0) is 19.1 Å². The minimum Gasteiger partial charge on any atom is -0.347 e. The van der Waals surface area contributed by atoms with Crippen LogP contribution < -0.4 is 4.90 Å². The van der Waals surface area contributed by atoms with Crippen LogP contribution in [0.15, 0.2) is 24.3 Å². The summed E-state index contributed by atoms with van der Waals surface area (Å²) in [6, 6.07) is 10.5. The molecular weight excluding hydrogens is 218 g/mol. The Bertz CT molecular complexity index is 493. The molecule has 3 nitrogen and oxygen atoms in total. The molecule has 1 unspecified atom stereocenters. The van der Waals surface area contributed by atoms with E-state index in [2.05, 4.69) is 22.0 Å². The van der Waals surface area contributed by atoms with Gasteiger partial charge >= 0.3 is 0 Å². The molecule has 0 radical (unpaired) electrons. The van der Waals surface area contributed by atoms with Gasteiger partial charge in [-0.15, -0.1) is 0 Å². The van der Waals surface area contributed by atoms with E-state index in [1.165, 1.54) is 4.70 Å². The fourth-order valence-electron chi connectivity index (χ4n) is 1.47. The number of nitriles is 1. The average Bonchev–Trinajstić information content (AvgIpc) is 2.71. The smallest absolute Gasteiger partial charge is 0.186 e. The number of aromatic nitrogens is 1. The second-order valence-electron chi connectivity index (χ2n) is 3.79. The van der Waals surface area contributed by atoms with Crippen LogP contribution >= 0.6 is 11.3 Å². The summed E-state index contributed by atoms with van der Waals surface area (Å²) in [6.07, 6.45) is 0.520. The Hall–Kier alpha value is -1.60. The molecule has 0 N–H and O–H groups in total. The van der Waals surface area contributed by atoms with Crippen LogP contribution in [-0.2, 0) is 0 Å². The van der Waals surface area contributed by atoms with Gasteiger partial charge in [0.05, 0.1) is 22.7 Å². The normalized spacial score (nSPS) is 12.3. The number of hydrogen-bond acceptors (Lipinski definition) is 4. The molecule has 82 valence electrons. The molecule has 16 heavy (non-hydrogen) atoms. The van der Waals surface area contributed by atoms with Crippen LogP contribution in [0, 0.1) is 11.3 Å². The van der Waals surface area contributed by atoms with E-state index in [0.717, 1.165) is 10.6 Å². The van der Waals surface area contributed by atoms with Crippen LogP contribution in [0.5, 0.6) is 0 Å². The SMILES string of the molecule is CC(CC#N)N(C)c1nc2ccccc2s1. The van der Waals surface area contributed by atoms with Gasteiger partial charge in [0.25, 0.3) is 0 Å². The third-order valence-electron chi connectivity index (χ3n) is 2.63. The largest absolute Gasteiger partial charge is 0.347 e. The maximum absolute atomic E-state index is 8.68. The number of anilines is 1. The molecule has 0 bridgehead atoms. The van der Waals surface area contributed by atoms with E-state index in [9.17, 15) is 0 Å². The lowest BCUT2D eigenvalue weighted by molar-refractivity contribution is 0.701. The van der Waals surface area contributed by atoms with E-state index >= 15 is 0 Å². The second-order valence-corrected chi connectivity index (χ2v) is 4.80. The first-order valence-electron chi connectivity index (χ1n) is 5.17. The topological polar surface area (TPSA) is 39.9 Å². The van der Waals surface area contributed by atoms with Crippen molar-refractivity contribution in [2.24, 2.45) is 0 Å². The van der Waals surface area contributed by atoms with Gasteiger partial charge in [-0.3, -0.25) is 0 Å². The molecule has 1 atom stereocenters. The summed E-state index contributed by atoms with van der Waals surface area (Å²) in [5, 5.41) is 9.65. The highest BCUT2D eigenvalue weighted by Crippen LogP contribution is 2.28. The first-order valence-corrected chi connectivity index (χ1v) is 5.99. The molecule has 1 heterocycles. The van der Waals surface area contributed by atoms with Crippen LogP contribution in [0.4, 0.5) is 5.13 Å². The molecule has 1 aromatic heterocycles. The predicted molar refractivity (Wildman–Crippen MR) is 67.7 cm³/mol. The van der Waals surface area contributed by atoms with E-state index < -0.39 is 0 Å². The molecule has 0 spiro atoms. The molecule has 2 aromatic rings. The first kappa shape index (κ1) is 10.9. The standard InChI is InChI=1S/C12H13N3S/c1-9(7-8-13)15(2)12-14-10-5-3-4-6-11(10)16-12/h3-6,9H,7H2,1-2H3. The van der Waals surface area contributed by atoms with Crippen LogP contribution in [0.25, 0.3) is 10.2 Å². The summed E-state index contributed by atoms with van der Waals surface area (Å²) in [7, 11) is 1.99. The third kappa shape index (κ3) is 2.00. The van der Waals surface area contributed by atoms with Crippen molar-refractivity contribution in [3.63, 3.8) is 0 Å². The highest BCUT2D eigenvalue weighted by molar-refractivity contribution is 7.22. The Morgan fingerprint density at radius 2 is 2.25 bits per heavy atom. The lowest BCUT2D eigenvalue weighted by Crippen LogP contribution is -2.28. The van der Waals surface area contributed by atoms with Crippen LogP contribution in [0.3, 0.4) is 0 Å². The summed E-state index contributed by atoms with van der Waals surface area (Å²) in [6.45, 7) is 2.04. The molecular formula is C12H13N3S. The lowest BCUT2D eigenvalue weighted by Gasteiger charge is -2.21. The molecule has 4 heteroatoms. The fourth-order valence-corrected chi connectivity index (χ4v) is 2.50. The Labute approximate surface area is 99.0 Å². The van der Waals surface area contributed by atoms with Gasteiger partial charge in [0, 0.05) is 13.1 Å². The maximum atomic E-state index is 8.68. The predicted octanol–water partition coefficient (Wildman–Crippen LogP) is 3.03. The monoisotopic (exact) mass is 231 g/mol. The van der Waals surface area contributed by atoms with Crippen molar-refractivity contribution in [2.75, 3.05) is 11.9 Å². The summed E-state index contributed by atoms with van der Waals surface area (Å²) in [5.41, 5.74) is 1.03. The highest BCUT2D eigenvalue weighted by atomic mass is 32.1. The quantitative estimate of drug-likeness (QED) is 0.815. The highest BCUT2D eigenvalue weighted by Gasteiger charge is 2.13. The number of para-hydroxylation sites is 1. The molecule has 0 fully saturated rings. The summed E-state index contributed by atoms with van der Waals surface area (Å²) >= 11 is 1.66. The van der Waals surface area contributed by atoms with Crippen molar-refractivity contribution >= 4 is 26.7 Å². The molecule has 0 aliphatic heterocycles. The average molecular weight is 231 g/mol. The van der Waals surface area contributed by atoms with Crippen molar-refractivity contribution < 1.29 is 0 Å². The van der Waals surface area contributed by atoms with Crippen molar-refractivity contribution in [1.82, 2.24) is 4.98 Å². The third-order valence-corrected chi connectivity index (χ3v) is 3.76. The molecule has 0 amide bonds. The molecule has 2 rings (SSSR count). The van der Waals surface area contributed by atoms with Gasteiger partial charge in [-0.1, -0.05) is 23.5 Å². The van der Waals surface area contributed by atoms with Crippen molar-refractivity contribution in [1.29, 1.82) is 5.26 Å². The van der Waals surface area contributed by atoms with Crippen LogP contribution in [-0.4, -0.2) is 18.1 Å². The van der Waals surface area contributed by atoms with Crippen molar-refractivity contribution in [3.8, 4) is 6.07 Å². The summed E-state index contributed by atoms with van der Waals surface area (Å²) in [4.78, 5) is 6.61. The van der Waals surface area contributed by atoms with E-state index in [-0.39, 0.29) is 6.04 Å². The van der Waals surface area contributed by atoms with Crippen LogP contribution in [0.2, 0.25) is 0 Å². The second kappa shape index (κ2) is 4.50. The van der Waals surface area contributed by atoms with Gasteiger partial charge in [-0.25, -0.2) is 4.98 Å². The molecule has 1 aromatic carbocycles. The fraction of sp³-hybridized carbons (Fsp3) is 0.333. The maximum Gasteiger partial charge on any atom is 0.186 e. The van der Waals surface area contributed by atoms with Gasteiger partial charge in [0.2, 0.25) is 0 Å². The minimum absolute atomic E-state index is 0.200. The number of hydrogen-bond donors (Lipinski definition) is 0. The number of thiazole rings is 1. The minimum atomic E-state index is 0.200. The number of benzene rings is 1. The molecule has 0 saturated heterocycles. The van der Waals surface area contributed by atoms with Crippen LogP contribution in [0.1, 0.15) is 13.3 Å². The molecule has 0 aliphatic carbocycles. The number of fused-ring (bicyclic) bond motifs is 1. The number of rotatable bonds is 3. The molecule has 0 saturated carbocycles. The Morgan fingerprint density at radius 3 is 2.94 bits per heavy atom. The van der Waals surface area contributed by atoms with Gasteiger partial charge in [0.1, 0.15) is 0 Å². The van der Waals surface area contributed by atoms with Gasteiger partial charge in [-0.2, -0.15) is 5.26 Å². The van der Waals surface area contributed by atoms with Gasteiger partial charge in [0.15, 0.2) is 5.13 Å². The Balaban J connectivity index is 2.30. The molecule has 0 aliphatic rings. The zero-order valence-corrected chi connectivity index (χ0v) is 10.2.